The molecule has 1 aliphatic rings. The minimum absolute atomic E-state index is 0.0387. The summed E-state index contributed by atoms with van der Waals surface area (Å²) in [6, 6.07) is 6.83. The lowest BCUT2D eigenvalue weighted by atomic mass is 10.3. The molecule has 0 unspecified atom stereocenters. The van der Waals surface area contributed by atoms with Gasteiger partial charge in [-0.3, -0.25) is 9.59 Å². The van der Waals surface area contributed by atoms with Gasteiger partial charge >= 0.3 is 0 Å². The molecule has 0 saturated carbocycles. The number of nitrogens with zero attached hydrogens (tertiary/aromatic N) is 4. The number of anilines is 1. The average molecular weight is 483 g/mol. The highest BCUT2D eigenvalue weighted by Crippen LogP contribution is 2.23. The van der Waals surface area contributed by atoms with Crippen molar-refractivity contribution < 1.29 is 9.59 Å². The summed E-state index contributed by atoms with van der Waals surface area (Å²) in [7, 11) is 0. The van der Waals surface area contributed by atoms with E-state index >= 15 is 0 Å². The standard InChI is InChI=1S/C20H27ClN6O2S2/c1-2-26-10-12-27(13-11-26)9-3-8-22-17(28)14-30-20-25-24-19(31-20)18(29)23-16-6-4-15(21)5-7-16/h4-7H,2-3,8-14H2,1H3,(H,22,28)(H,23,29). The molecule has 0 bridgehead atoms. The van der Waals surface area contributed by atoms with Crippen molar-refractivity contribution >= 4 is 52.2 Å². The predicted octanol–water partition coefficient (Wildman–Crippen LogP) is 2.68. The first-order valence-corrected chi connectivity index (χ1v) is 12.5. The fourth-order valence-electron chi connectivity index (χ4n) is 3.12. The van der Waals surface area contributed by atoms with Crippen LogP contribution in [0.15, 0.2) is 28.6 Å². The zero-order chi connectivity index (χ0) is 22.1. The van der Waals surface area contributed by atoms with Gasteiger partial charge in [0.05, 0.1) is 5.75 Å². The molecule has 11 heteroatoms. The maximum absolute atomic E-state index is 12.3. The number of likely N-dealkylation sites (N-methyl/N-ethyl adjacent to an activating group) is 1. The molecule has 1 fully saturated rings. The zero-order valence-corrected chi connectivity index (χ0v) is 19.9. The fraction of sp³-hybridized carbons (Fsp3) is 0.500. The van der Waals surface area contributed by atoms with Crippen molar-refractivity contribution in [2.75, 3.05) is 56.9 Å². The quantitative estimate of drug-likeness (QED) is 0.397. The van der Waals surface area contributed by atoms with Crippen molar-refractivity contribution in [3.63, 3.8) is 0 Å². The minimum Gasteiger partial charge on any atom is -0.355 e. The van der Waals surface area contributed by atoms with Crippen LogP contribution in [0.5, 0.6) is 0 Å². The number of hydrogen-bond donors (Lipinski definition) is 2. The van der Waals surface area contributed by atoms with Crippen LogP contribution in [0.4, 0.5) is 5.69 Å². The second-order valence-electron chi connectivity index (χ2n) is 7.10. The van der Waals surface area contributed by atoms with Gasteiger partial charge in [-0.05, 0) is 43.8 Å². The van der Waals surface area contributed by atoms with E-state index in [1.807, 2.05) is 0 Å². The summed E-state index contributed by atoms with van der Waals surface area (Å²) in [6.07, 6.45) is 0.941. The lowest BCUT2D eigenvalue weighted by molar-refractivity contribution is -0.118. The molecule has 1 saturated heterocycles. The van der Waals surface area contributed by atoms with Gasteiger partial charge in [-0.15, -0.1) is 10.2 Å². The molecule has 168 valence electrons. The van der Waals surface area contributed by atoms with E-state index in [4.69, 9.17) is 11.6 Å². The van der Waals surface area contributed by atoms with E-state index in [0.717, 1.165) is 45.7 Å². The van der Waals surface area contributed by atoms with Crippen molar-refractivity contribution in [2.24, 2.45) is 0 Å². The second-order valence-corrected chi connectivity index (χ2v) is 9.74. The number of piperazine rings is 1. The molecule has 31 heavy (non-hydrogen) atoms. The smallest absolute Gasteiger partial charge is 0.286 e. The number of carbonyl (C=O) groups is 2. The van der Waals surface area contributed by atoms with Crippen LogP contribution in [0.25, 0.3) is 0 Å². The third-order valence-corrected chi connectivity index (χ3v) is 7.22. The number of nitrogens with one attached hydrogen (secondary N) is 2. The van der Waals surface area contributed by atoms with Crippen molar-refractivity contribution in [1.29, 1.82) is 0 Å². The Morgan fingerprint density at radius 1 is 1.13 bits per heavy atom. The van der Waals surface area contributed by atoms with Crippen molar-refractivity contribution in [1.82, 2.24) is 25.3 Å². The van der Waals surface area contributed by atoms with E-state index in [-0.39, 0.29) is 22.6 Å². The Kier molecular flexibility index (Phi) is 9.54. The average Bonchev–Trinajstić information content (AvgIpc) is 3.26. The minimum atomic E-state index is -0.337. The van der Waals surface area contributed by atoms with Crippen LogP contribution in [0.1, 0.15) is 23.1 Å². The van der Waals surface area contributed by atoms with Crippen LogP contribution in [-0.4, -0.2) is 83.4 Å². The van der Waals surface area contributed by atoms with E-state index in [0.29, 0.717) is 21.6 Å². The number of carbonyl (C=O) groups excluding carboxylic acids is 2. The van der Waals surface area contributed by atoms with Crippen LogP contribution >= 0.6 is 34.7 Å². The molecule has 1 aliphatic heterocycles. The Morgan fingerprint density at radius 3 is 2.55 bits per heavy atom. The number of aromatic nitrogens is 2. The summed E-state index contributed by atoms with van der Waals surface area (Å²) >= 11 is 8.29. The van der Waals surface area contributed by atoms with E-state index in [1.165, 1.54) is 23.1 Å². The Morgan fingerprint density at radius 2 is 1.84 bits per heavy atom. The van der Waals surface area contributed by atoms with Crippen molar-refractivity contribution in [2.45, 2.75) is 17.7 Å². The normalized spacial score (nSPS) is 15.0. The molecule has 2 heterocycles. The number of amides is 2. The fourth-order valence-corrected chi connectivity index (χ4v) is 4.82. The number of thioether (sulfide) groups is 1. The van der Waals surface area contributed by atoms with Crippen LogP contribution in [-0.2, 0) is 4.79 Å². The highest BCUT2D eigenvalue weighted by atomic mass is 35.5. The van der Waals surface area contributed by atoms with E-state index in [9.17, 15) is 9.59 Å². The van der Waals surface area contributed by atoms with Crippen molar-refractivity contribution in [3.05, 3.63) is 34.3 Å². The molecule has 0 atom stereocenters. The van der Waals surface area contributed by atoms with Gasteiger partial charge in [-0.2, -0.15) is 0 Å². The third-order valence-electron chi connectivity index (χ3n) is 4.91. The van der Waals surface area contributed by atoms with Gasteiger partial charge in [0.15, 0.2) is 4.34 Å². The topological polar surface area (TPSA) is 90.5 Å². The lowest BCUT2D eigenvalue weighted by Crippen LogP contribution is -2.46. The van der Waals surface area contributed by atoms with Gasteiger partial charge in [0.25, 0.3) is 5.91 Å². The molecule has 2 N–H and O–H groups in total. The summed E-state index contributed by atoms with van der Waals surface area (Å²) in [6.45, 7) is 9.44. The molecular weight excluding hydrogens is 456 g/mol. The molecule has 1 aromatic heterocycles. The molecule has 0 radical (unpaired) electrons. The first-order valence-electron chi connectivity index (χ1n) is 10.3. The SMILES string of the molecule is CCN1CCN(CCCNC(=O)CSc2nnc(C(=O)Nc3ccc(Cl)cc3)s2)CC1. The Labute approximate surface area is 195 Å². The number of halogens is 1. The predicted molar refractivity (Wildman–Crippen MR) is 126 cm³/mol. The molecule has 8 nitrogen and oxygen atoms in total. The summed E-state index contributed by atoms with van der Waals surface area (Å²) < 4.78 is 0.588. The van der Waals surface area contributed by atoms with Crippen molar-refractivity contribution in [3.8, 4) is 0 Å². The molecule has 0 aliphatic carbocycles. The zero-order valence-electron chi connectivity index (χ0n) is 17.5. The summed E-state index contributed by atoms with van der Waals surface area (Å²) in [5.41, 5.74) is 0.630. The lowest BCUT2D eigenvalue weighted by Gasteiger charge is -2.33. The van der Waals surface area contributed by atoms with Crippen LogP contribution in [0.3, 0.4) is 0 Å². The highest BCUT2D eigenvalue weighted by molar-refractivity contribution is 8.01. The van der Waals surface area contributed by atoms with E-state index < -0.39 is 0 Å². The number of hydrogen-bond acceptors (Lipinski definition) is 8. The maximum atomic E-state index is 12.3. The molecule has 0 spiro atoms. The largest absolute Gasteiger partial charge is 0.355 e. The Balaban J connectivity index is 1.31. The van der Waals surface area contributed by atoms with Gasteiger partial charge in [0.1, 0.15) is 0 Å². The Bertz CT molecular complexity index is 856. The van der Waals surface area contributed by atoms with Gasteiger partial charge in [-0.25, -0.2) is 0 Å². The van der Waals surface area contributed by atoms with Crippen LogP contribution in [0, 0.1) is 0 Å². The van der Waals surface area contributed by atoms with Gasteiger partial charge in [0.2, 0.25) is 10.9 Å². The molecule has 3 rings (SSSR count). The van der Waals surface area contributed by atoms with E-state index in [1.54, 1.807) is 24.3 Å². The van der Waals surface area contributed by atoms with Gasteiger partial charge in [0, 0.05) is 43.4 Å². The number of rotatable bonds is 10. The monoisotopic (exact) mass is 482 g/mol. The van der Waals surface area contributed by atoms with Crippen LogP contribution < -0.4 is 10.6 Å². The third kappa shape index (κ3) is 8.04. The summed E-state index contributed by atoms with van der Waals surface area (Å²) in [4.78, 5) is 29.2. The van der Waals surface area contributed by atoms with Gasteiger partial charge < -0.3 is 20.4 Å². The highest BCUT2D eigenvalue weighted by Gasteiger charge is 2.16. The van der Waals surface area contributed by atoms with Crippen LogP contribution in [0.2, 0.25) is 5.02 Å². The number of benzene rings is 1. The summed E-state index contributed by atoms with van der Waals surface area (Å²) in [5, 5.41) is 14.5. The summed E-state index contributed by atoms with van der Waals surface area (Å²) in [5.74, 6) is -0.123. The maximum Gasteiger partial charge on any atom is 0.286 e. The van der Waals surface area contributed by atoms with Gasteiger partial charge in [-0.1, -0.05) is 41.6 Å². The first kappa shape index (κ1) is 23.9. The molecular formula is C20H27ClN6O2S2. The first-order chi connectivity index (χ1) is 15.0. The molecule has 1 aromatic carbocycles. The second kappa shape index (κ2) is 12.4. The van der Waals surface area contributed by atoms with E-state index in [2.05, 4.69) is 37.6 Å². The molecule has 2 amide bonds. The Hall–Kier alpha value is -1.72. The molecule has 2 aromatic rings.